The molecule has 0 aromatic heterocycles. The number of aliphatic carboxylic acids is 1. The molecule has 1 aliphatic rings. The molecule has 1 aliphatic carbocycles. The zero-order chi connectivity index (χ0) is 11.9. The zero-order valence-corrected chi connectivity index (χ0v) is 8.66. The number of carboxylic acids is 1. The summed E-state index contributed by atoms with van der Waals surface area (Å²) in [5, 5.41) is 18.6. The number of hydrogen-bond donors (Lipinski definition) is 2. The monoisotopic (exact) mass is 226 g/mol. The van der Waals surface area contributed by atoms with Gasteiger partial charge in [-0.3, -0.25) is 4.79 Å². The van der Waals surface area contributed by atoms with Crippen molar-refractivity contribution in [2.45, 2.75) is 18.3 Å². The van der Waals surface area contributed by atoms with E-state index in [0.29, 0.717) is 12.8 Å². The van der Waals surface area contributed by atoms with Crippen molar-refractivity contribution in [1.29, 1.82) is 0 Å². The molecule has 16 heavy (non-hydrogen) atoms. The molecule has 0 amide bonds. The molecule has 86 valence electrons. The minimum absolute atomic E-state index is 0.0950. The summed E-state index contributed by atoms with van der Waals surface area (Å²) in [6.45, 7) is 0. The Kier molecular flexibility index (Phi) is 2.26. The molecule has 1 saturated carbocycles. The molecule has 2 N–H and O–H groups in total. The summed E-state index contributed by atoms with van der Waals surface area (Å²) in [7, 11) is 1.28. The minimum Gasteiger partial charge on any atom is -0.505 e. The van der Waals surface area contributed by atoms with Crippen molar-refractivity contribution in [2.24, 2.45) is 0 Å². The predicted molar refractivity (Wildman–Crippen MR) is 53.2 cm³/mol. The molecule has 0 aliphatic heterocycles. The highest BCUT2D eigenvalue weighted by Gasteiger charge is 2.53. The molecule has 0 unspecified atom stereocenters. The second-order valence-electron chi connectivity index (χ2n) is 3.87. The average Bonchev–Trinajstić information content (AvgIpc) is 3.03. The number of carbonyl (C=O) groups is 1. The number of hydrogen-bond acceptors (Lipinski definition) is 3. The first-order valence-electron chi connectivity index (χ1n) is 4.82. The minimum atomic E-state index is -1.11. The maximum absolute atomic E-state index is 13.5. The van der Waals surface area contributed by atoms with Crippen molar-refractivity contribution in [1.82, 2.24) is 0 Å². The van der Waals surface area contributed by atoms with Gasteiger partial charge in [-0.1, -0.05) is 6.07 Å². The topological polar surface area (TPSA) is 66.8 Å². The third-order valence-electron chi connectivity index (χ3n) is 2.98. The summed E-state index contributed by atoms with van der Waals surface area (Å²) in [5.41, 5.74) is -0.990. The fraction of sp³-hybridized carbons (Fsp3) is 0.364. The van der Waals surface area contributed by atoms with Crippen molar-refractivity contribution < 1.29 is 24.1 Å². The molecule has 5 heteroatoms. The van der Waals surface area contributed by atoms with Crippen LogP contribution in [0.25, 0.3) is 0 Å². The van der Waals surface area contributed by atoms with Crippen LogP contribution in [0.5, 0.6) is 11.5 Å². The van der Waals surface area contributed by atoms with Gasteiger partial charge in [0.15, 0.2) is 11.5 Å². The number of methoxy groups -OCH3 is 1. The summed E-state index contributed by atoms with van der Waals surface area (Å²) >= 11 is 0. The van der Waals surface area contributed by atoms with E-state index in [4.69, 9.17) is 9.84 Å². The first kappa shape index (κ1) is 10.7. The van der Waals surface area contributed by atoms with E-state index in [9.17, 15) is 14.3 Å². The third-order valence-corrected chi connectivity index (χ3v) is 2.98. The summed E-state index contributed by atoms with van der Waals surface area (Å²) in [5.74, 6) is -2.67. The van der Waals surface area contributed by atoms with Gasteiger partial charge >= 0.3 is 5.97 Å². The van der Waals surface area contributed by atoms with Crippen LogP contribution in [0.3, 0.4) is 0 Å². The Bertz CT molecular complexity index is 452. The molecule has 4 nitrogen and oxygen atoms in total. The summed E-state index contributed by atoms with van der Waals surface area (Å²) in [6, 6.07) is 2.73. The Labute approximate surface area is 91.3 Å². The number of benzene rings is 1. The average molecular weight is 226 g/mol. The van der Waals surface area contributed by atoms with Gasteiger partial charge in [-0.15, -0.1) is 0 Å². The van der Waals surface area contributed by atoms with Gasteiger partial charge in [-0.25, -0.2) is 0 Å². The van der Waals surface area contributed by atoms with Gasteiger partial charge in [0, 0.05) is 5.56 Å². The largest absolute Gasteiger partial charge is 0.505 e. The van der Waals surface area contributed by atoms with Gasteiger partial charge in [-0.2, -0.15) is 4.39 Å². The normalized spacial score (nSPS) is 16.9. The number of aromatic hydroxyl groups is 1. The van der Waals surface area contributed by atoms with E-state index < -0.39 is 23.0 Å². The van der Waals surface area contributed by atoms with Crippen LogP contribution in [-0.2, 0) is 10.2 Å². The van der Waals surface area contributed by atoms with Crippen molar-refractivity contribution in [3.8, 4) is 11.5 Å². The Morgan fingerprint density at radius 2 is 2.12 bits per heavy atom. The Morgan fingerprint density at radius 3 is 2.56 bits per heavy atom. The Morgan fingerprint density at radius 1 is 1.50 bits per heavy atom. The Balaban J connectivity index is 2.52. The maximum Gasteiger partial charge on any atom is 0.314 e. The third kappa shape index (κ3) is 1.31. The van der Waals surface area contributed by atoms with Gasteiger partial charge in [-0.05, 0) is 18.9 Å². The number of phenols is 1. The number of phenolic OH excluding ortho intramolecular Hbond substituents is 1. The molecule has 0 heterocycles. The number of carboxylic acid groups (broad SMARTS) is 1. The van der Waals surface area contributed by atoms with Crippen LogP contribution in [0.2, 0.25) is 0 Å². The van der Waals surface area contributed by atoms with Crippen molar-refractivity contribution in [3.63, 3.8) is 0 Å². The van der Waals surface area contributed by atoms with Crippen LogP contribution >= 0.6 is 0 Å². The molecule has 1 fully saturated rings. The van der Waals surface area contributed by atoms with Crippen LogP contribution in [0.1, 0.15) is 18.4 Å². The number of rotatable bonds is 3. The molecule has 0 atom stereocenters. The molecule has 1 aromatic carbocycles. The molecular weight excluding hydrogens is 215 g/mol. The van der Waals surface area contributed by atoms with E-state index in [0.717, 1.165) is 0 Å². The van der Waals surface area contributed by atoms with Crippen LogP contribution < -0.4 is 4.74 Å². The van der Waals surface area contributed by atoms with Crippen molar-refractivity contribution >= 4 is 5.97 Å². The predicted octanol–water partition coefficient (Wildman–Crippen LogP) is 1.66. The molecule has 2 rings (SSSR count). The van der Waals surface area contributed by atoms with Gasteiger partial charge in [0.25, 0.3) is 0 Å². The molecule has 0 saturated heterocycles. The maximum atomic E-state index is 13.5. The smallest absolute Gasteiger partial charge is 0.314 e. The van der Waals surface area contributed by atoms with Crippen LogP contribution in [-0.4, -0.2) is 23.3 Å². The highest BCUT2D eigenvalue weighted by molar-refractivity contribution is 5.86. The SMILES string of the molecule is COc1ccc(C2(C(=O)O)CC2)c(O)c1F. The van der Waals surface area contributed by atoms with E-state index in [1.165, 1.54) is 19.2 Å². The van der Waals surface area contributed by atoms with E-state index in [1.54, 1.807) is 0 Å². The first-order valence-corrected chi connectivity index (χ1v) is 4.82. The number of ether oxygens (including phenoxy) is 1. The summed E-state index contributed by atoms with van der Waals surface area (Å²) in [6.07, 6.45) is 0.837. The lowest BCUT2D eigenvalue weighted by Gasteiger charge is -2.13. The lowest BCUT2D eigenvalue weighted by Crippen LogP contribution is -2.19. The highest BCUT2D eigenvalue weighted by Crippen LogP contribution is 2.52. The van der Waals surface area contributed by atoms with Gasteiger partial charge in [0.1, 0.15) is 0 Å². The number of halogens is 1. The first-order chi connectivity index (χ1) is 7.53. The second-order valence-corrected chi connectivity index (χ2v) is 3.87. The van der Waals surface area contributed by atoms with Crippen LogP contribution in [0.15, 0.2) is 12.1 Å². The van der Waals surface area contributed by atoms with Gasteiger partial charge < -0.3 is 14.9 Å². The highest BCUT2D eigenvalue weighted by atomic mass is 19.1. The standard InChI is InChI=1S/C11H11FO4/c1-16-7-3-2-6(9(13)8(7)12)11(4-5-11)10(14)15/h2-3,13H,4-5H2,1H3,(H,14,15). The molecular formula is C11H11FO4. The quantitative estimate of drug-likeness (QED) is 0.822. The lowest BCUT2D eigenvalue weighted by atomic mass is 9.95. The summed E-state index contributed by atoms with van der Waals surface area (Å²) < 4.78 is 18.2. The fourth-order valence-electron chi connectivity index (χ4n) is 1.81. The zero-order valence-electron chi connectivity index (χ0n) is 8.66. The lowest BCUT2D eigenvalue weighted by molar-refractivity contribution is -0.140. The Hall–Kier alpha value is -1.78. The van der Waals surface area contributed by atoms with E-state index in [-0.39, 0.29) is 11.3 Å². The van der Waals surface area contributed by atoms with Crippen molar-refractivity contribution in [3.05, 3.63) is 23.5 Å². The van der Waals surface area contributed by atoms with E-state index >= 15 is 0 Å². The van der Waals surface area contributed by atoms with E-state index in [2.05, 4.69) is 0 Å². The van der Waals surface area contributed by atoms with Crippen molar-refractivity contribution in [2.75, 3.05) is 7.11 Å². The second kappa shape index (κ2) is 3.37. The molecule has 0 spiro atoms. The molecule has 0 bridgehead atoms. The van der Waals surface area contributed by atoms with Gasteiger partial charge in [0.05, 0.1) is 12.5 Å². The van der Waals surface area contributed by atoms with Crippen LogP contribution in [0.4, 0.5) is 4.39 Å². The molecule has 1 aromatic rings. The van der Waals surface area contributed by atoms with Gasteiger partial charge in [0.2, 0.25) is 5.82 Å². The van der Waals surface area contributed by atoms with Crippen LogP contribution in [0, 0.1) is 5.82 Å². The fourth-order valence-corrected chi connectivity index (χ4v) is 1.81. The van der Waals surface area contributed by atoms with E-state index in [1.807, 2.05) is 0 Å². The summed E-state index contributed by atoms with van der Waals surface area (Å²) in [4.78, 5) is 11.0. The molecule has 0 radical (unpaired) electrons.